The highest BCUT2D eigenvalue weighted by Gasteiger charge is 2.20. The standard InChI is InChI=1S/C10H18N2O2S/c11-9(15)4-1-5-12-10(13)8-3-2-6-14-7-8/h8H,1-7H2,(H2,11,15)(H,12,13). The highest BCUT2D eigenvalue weighted by molar-refractivity contribution is 7.80. The number of nitrogens with one attached hydrogen (secondary N) is 1. The average Bonchev–Trinajstić information content (AvgIpc) is 2.25. The van der Waals surface area contributed by atoms with Gasteiger partial charge in [0.2, 0.25) is 5.91 Å². The number of nitrogens with two attached hydrogens (primary N) is 1. The Labute approximate surface area is 95.5 Å². The van der Waals surface area contributed by atoms with Gasteiger partial charge in [-0.2, -0.15) is 0 Å². The third-order valence-corrected chi connectivity index (χ3v) is 2.63. The second-order valence-corrected chi connectivity index (χ2v) is 4.30. The Balaban J connectivity index is 2.09. The molecule has 1 aliphatic heterocycles. The van der Waals surface area contributed by atoms with Crippen LogP contribution in [0.1, 0.15) is 25.7 Å². The van der Waals surface area contributed by atoms with E-state index in [0.717, 1.165) is 25.9 Å². The Bertz CT molecular complexity index is 227. The van der Waals surface area contributed by atoms with Crippen LogP contribution in [0, 0.1) is 5.92 Å². The van der Waals surface area contributed by atoms with E-state index in [-0.39, 0.29) is 11.8 Å². The molecule has 1 rings (SSSR count). The summed E-state index contributed by atoms with van der Waals surface area (Å²) < 4.78 is 5.25. The molecule has 0 aromatic rings. The number of rotatable bonds is 5. The van der Waals surface area contributed by atoms with E-state index in [4.69, 9.17) is 22.7 Å². The van der Waals surface area contributed by atoms with Gasteiger partial charge < -0.3 is 15.8 Å². The molecule has 0 aliphatic carbocycles. The molecule has 1 aliphatic rings. The van der Waals surface area contributed by atoms with Crippen molar-refractivity contribution in [2.24, 2.45) is 11.7 Å². The first-order valence-electron chi connectivity index (χ1n) is 5.34. The lowest BCUT2D eigenvalue weighted by atomic mass is 10.0. The van der Waals surface area contributed by atoms with Gasteiger partial charge in [-0.3, -0.25) is 4.79 Å². The van der Waals surface area contributed by atoms with Crippen molar-refractivity contribution in [3.05, 3.63) is 0 Å². The first kappa shape index (κ1) is 12.4. The van der Waals surface area contributed by atoms with Crippen molar-refractivity contribution in [3.63, 3.8) is 0 Å². The molecular weight excluding hydrogens is 212 g/mol. The van der Waals surface area contributed by atoms with Gasteiger partial charge in [-0.25, -0.2) is 0 Å². The van der Waals surface area contributed by atoms with Crippen molar-refractivity contribution in [1.29, 1.82) is 0 Å². The van der Waals surface area contributed by atoms with Gasteiger partial charge in [0, 0.05) is 13.2 Å². The van der Waals surface area contributed by atoms with E-state index in [2.05, 4.69) is 5.32 Å². The highest BCUT2D eigenvalue weighted by Crippen LogP contribution is 2.13. The molecule has 0 spiro atoms. The molecule has 1 amide bonds. The van der Waals surface area contributed by atoms with Gasteiger partial charge in [0.1, 0.15) is 0 Å². The van der Waals surface area contributed by atoms with Crippen molar-refractivity contribution in [2.45, 2.75) is 25.7 Å². The fourth-order valence-electron chi connectivity index (χ4n) is 1.57. The van der Waals surface area contributed by atoms with Crippen molar-refractivity contribution in [2.75, 3.05) is 19.8 Å². The van der Waals surface area contributed by atoms with Crippen molar-refractivity contribution < 1.29 is 9.53 Å². The van der Waals surface area contributed by atoms with E-state index in [1.807, 2.05) is 0 Å². The number of carbonyl (C=O) groups excluding carboxylic acids is 1. The summed E-state index contributed by atoms with van der Waals surface area (Å²) >= 11 is 4.74. The third-order valence-electron chi connectivity index (χ3n) is 2.43. The SMILES string of the molecule is NC(=S)CCCNC(=O)C1CCCOC1. The van der Waals surface area contributed by atoms with Crippen LogP contribution in [0.15, 0.2) is 0 Å². The molecule has 1 fully saturated rings. The van der Waals surface area contributed by atoms with Gasteiger partial charge in [-0.05, 0) is 25.7 Å². The number of hydrogen-bond acceptors (Lipinski definition) is 3. The molecule has 15 heavy (non-hydrogen) atoms. The second-order valence-electron chi connectivity index (χ2n) is 3.77. The maximum atomic E-state index is 11.6. The number of amides is 1. The summed E-state index contributed by atoms with van der Waals surface area (Å²) in [6.07, 6.45) is 3.41. The summed E-state index contributed by atoms with van der Waals surface area (Å²) in [5.74, 6) is 0.126. The molecule has 1 heterocycles. The monoisotopic (exact) mass is 230 g/mol. The first-order valence-corrected chi connectivity index (χ1v) is 5.74. The molecule has 4 nitrogen and oxygen atoms in total. The van der Waals surface area contributed by atoms with Gasteiger partial charge in [0.15, 0.2) is 0 Å². The van der Waals surface area contributed by atoms with E-state index in [1.54, 1.807) is 0 Å². The van der Waals surface area contributed by atoms with Gasteiger partial charge in [-0.1, -0.05) is 12.2 Å². The van der Waals surface area contributed by atoms with E-state index in [1.165, 1.54) is 0 Å². The maximum absolute atomic E-state index is 11.6. The number of thiocarbonyl (C=S) groups is 1. The summed E-state index contributed by atoms with van der Waals surface area (Å²) in [5, 5.41) is 2.87. The van der Waals surface area contributed by atoms with E-state index >= 15 is 0 Å². The number of ether oxygens (including phenoxy) is 1. The van der Waals surface area contributed by atoms with Crippen LogP contribution >= 0.6 is 12.2 Å². The topological polar surface area (TPSA) is 64.3 Å². The van der Waals surface area contributed by atoms with E-state index < -0.39 is 0 Å². The molecule has 5 heteroatoms. The second kappa shape index (κ2) is 6.74. The van der Waals surface area contributed by atoms with Crippen LogP contribution in [0.4, 0.5) is 0 Å². The highest BCUT2D eigenvalue weighted by atomic mass is 32.1. The molecule has 1 unspecified atom stereocenters. The summed E-state index contributed by atoms with van der Waals surface area (Å²) in [7, 11) is 0. The predicted octanol–water partition coefficient (Wildman–Crippen LogP) is 0.595. The number of hydrogen-bond donors (Lipinski definition) is 2. The zero-order valence-corrected chi connectivity index (χ0v) is 9.65. The minimum absolute atomic E-state index is 0.0311. The fraction of sp³-hybridized carbons (Fsp3) is 0.800. The van der Waals surface area contributed by atoms with Crippen LogP contribution in [0.25, 0.3) is 0 Å². The molecule has 0 radical (unpaired) electrons. The number of carbonyl (C=O) groups is 1. The Hall–Kier alpha value is -0.680. The van der Waals surface area contributed by atoms with Crippen LogP contribution in [0.2, 0.25) is 0 Å². The van der Waals surface area contributed by atoms with Gasteiger partial charge in [0.25, 0.3) is 0 Å². The summed E-state index contributed by atoms with van der Waals surface area (Å²) in [4.78, 5) is 12.1. The normalized spacial score (nSPS) is 20.9. The van der Waals surface area contributed by atoms with Gasteiger partial charge >= 0.3 is 0 Å². The molecule has 0 saturated carbocycles. The van der Waals surface area contributed by atoms with Crippen molar-refractivity contribution >= 4 is 23.1 Å². The molecule has 1 saturated heterocycles. The van der Waals surface area contributed by atoms with Gasteiger partial charge in [-0.15, -0.1) is 0 Å². The minimum Gasteiger partial charge on any atom is -0.393 e. The van der Waals surface area contributed by atoms with Crippen molar-refractivity contribution in [3.8, 4) is 0 Å². The Morgan fingerprint density at radius 3 is 3.00 bits per heavy atom. The van der Waals surface area contributed by atoms with Crippen LogP contribution in [-0.4, -0.2) is 30.7 Å². The molecule has 0 aromatic carbocycles. The largest absolute Gasteiger partial charge is 0.393 e. The van der Waals surface area contributed by atoms with Crippen LogP contribution in [0.5, 0.6) is 0 Å². The lowest BCUT2D eigenvalue weighted by Crippen LogP contribution is -2.36. The van der Waals surface area contributed by atoms with Crippen LogP contribution in [0.3, 0.4) is 0 Å². The van der Waals surface area contributed by atoms with Gasteiger partial charge in [0.05, 0.1) is 17.5 Å². The fourth-order valence-corrected chi connectivity index (χ4v) is 1.71. The molecular formula is C10H18N2O2S. The maximum Gasteiger partial charge on any atom is 0.225 e. The first-order chi connectivity index (χ1) is 7.20. The predicted molar refractivity (Wildman–Crippen MR) is 62.6 cm³/mol. The lowest BCUT2D eigenvalue weighted by Gasteiger charge is -2.21. The third kappa shape index (κ3) is 5.09. The summed E-state index contributed by atoms with van der Waals surface area (Å²) in [6.45, 7) is 1.99. The minimum atomic E-state index is 0.0311. The van der Waals surface area contributed by atoms with E-state index in [9.17, 15) is 4.79 Å². The lowest BCUT2D eigenvalue weighted by molar-refractivity contribution is -0.128. The quantitative estimate of drug-likeness (QED) is 0.536. The molecule has 0 aromatic heterocycles. The Morgan fingerprint density at radius 2 is 2.40 bits per heavy atom. The molecule has 0 bridgehead atoms. The molecule has 86 valence electrons. The average molecular weight is 230 g/mol. The Kier molecular flexibility index (Phi) is 5.57. The Morgan fingerprint density at radius 1 is 1.60 bits per heavy atom. The molecule has 3 N–H and O–H groups in total. The zero-order valence-electron chi connectivity index (χ0n) is 8.83. The molecule has 1 atom stereocenters. The summed E-state index contributed by atoms with van der Waals surface area (Å²) in [5.41, 5.74) is 5.35. The van der Waals surface area contributed by atoms with E-state index in [0.29, 0.717) is 24.6 Å². The smallest absolute Gasteiger partial charge is 0.225 e. The van der Waals surface area contributed by atoms with Crippen LogP contribution in [-0.2, 0) is 9.53 Å². The van der Waals surface area contributed by atoms with Crippen LogP contribution < -0.4 is 11.1 Å². The van der Waals surface area contributed by atoms with Crippen molar-refractivity contribution in [1.82, 2.24) is 5.32 Å². The summed E-state index contributed by atoms with van der Waals surface area (Å²) in [6, 6.07) is 0. The zero-order chi connectivity index (χ0) is 11.1.